The van der Waals surface area contributed by atoms with Crippen LogP contribution in [0, 0.1) is 0 Å². The Morgan fingerprint density at radius 2 is 1.88 bits per heavy atom. The van der Waals surface area contributed by atoms with Gasteiger partial charge in [0.1, 0.15) is 0 Å². The normalized spacial score (nSPS) is 8.59. The minimum absolute atomic E-state index is 0.277. The van der Waals surface area contributed by atoms with Crippen LogP contribution in [0.1, 0.15) is 34.1 Å². The average molecular weight is 245 g/mol. The second kappa shape index (κ2) is 12.7. The fourth-order valence-corrected chi connectivity index (χ4v) is 0.920. The van der Waals surface area contributed by atoms with Crippen molar-refractivity contribution in [3.8, 4) is 0 Å². The van der Waals surface area contributed by atoms with Gasteiger partial charge in [0.05, 0.1) is 0 Å². The Labute approximate surface area is 104 Å². The molecule has 0 radical (unpaired) electrons. The van der Waals surface area contributed by atoms with Gasteiger partial charge >= 0.3 is 0 Å². The summed E-state index contributed by atoms with van der Waals surface area (Å²) in [7, 11) is 1.89. The number of nitrogens with one attached hydrogen (secondary N) is 2. The lowest BCUT2D eigenvalue weighted by Gasteiger charge is -2.12. The first kappa shape index (κ1) is 18.0. The van der Waals surface area contributed by atoms with Gasteiger partial charge in [-0.05, 0) is 20.0 Å². The van der Waals surface area contributed by atoms with E-state index in [1.807, 2.05) is 34.7 Å². The van der Waals surface area contributed by atoms with Gasteiger partial charge in [-0.25, -0.2) is 10.9 Å². The van der Waals surface area contributed by atoms with E-state index in [9.17, 15) is 0 Å². The number of hydrogen-bond donors (Lipinski definition) is 4. The second-order valence-electron chi connectivity index (χ2n) is 2.67. The molecule has 0 aromatic carbocycles. The van der Waals surface area contributed by atoms with Crippen LogP contribution in [-0.4, -0.2) is 35.3 Å². The molecule has 6 N–H and O–H groups in total. The minimum atomic E-state index is 0.277. The molecular weight excluding hydrogens is 218 g/mol. The van der Waals surface area contributed by atoms with Gasteiger partial charge in [-0.2, -0.15) is 4.98 Å². The fourth-order valence-electron chi connectivity index (χ4n) is 0.920. The molecule has 0 aliphatic carbocycles. The number of nitrogens with zero attached hydrogens (tertiary/aromatic N) is 3. The molecule has 1 rings (SSSR count). The van der Waals surface area contributed by atoms with E-state index < -0.39 is 0 Å². The van der Waals surface area contributed by atoms with Crippen LogP contribution >= 0.6 is 0 Å². The third-order valence-corrected chi connectivity index (χ3v) is 1.57. The summed E-state index contributed by atoms with van der Waals surface area (Å²) >= 11 is 0. The topological polar surface area (TPSA) is 109 Å². The highest BCUT2D eigenvalue weighted by Crippen LogP contribution is 2.02. The zero-order valence-electron chi connectivity index (χ0n) is 11.6. The maximum absolute atomic E-state index is 5.65. The van der Waals surface area contributed by atoms with E-state index in [-0.39, 0.29) is 5.95 Å². The lowest BCUT2D eigenvalue weighted by Crippen LogP contribution is -2.34. The van der Waals surface area contributed by atoms with E-state index in [0.717, 1.165) is 13.0 Å². The number of hydrazine groups is 1. The van der Waals surface area contributed by atoms with Gasteiger partial charge in [-0.1, -0.05) is 27.7 Å². The largest absolute Gasteiger partial charge is 0.368 e. The highest BCUT2D eigenvalue weighted by atomic mass is 15.5. The van der Waals surface area contributed by atoms with E-state index in [1.54, 1.807) is 0 Å². The number of aromatic nitrogens is 3. The van der Waals surface area contributed by atoms with E-state index in [2.05, 4.69) is 20.5 Å². The van der Waals surface area contributed by atoms with Gasteiger partial charge in [-0.3, -0.25) is 5.01 Å². The van der Waals surface area contributed by atoms with Crippen LogP contribution in [0.4, 0.5) is 11.9 Å². The number of aromatic amines is 1. The molecule has 0 unspecified atom stereocenters. The van der Waals surface area contributed by atoms with Crippen molar-refractivity contribution in [3.05, 3.63) is 0 Å². The summed E-state index contributed by atoms with van der Waals surface area (Å²) in [5, 5.41) is 10.8. The first-order valence-electron chi connectivity index (χ1n) is 6.08. The van der Waals surface area contributed by atoms with Crippen molar-refractivity contribution in [2.75, 3.05) is 30.9 Å². The van der Waals surface area contributed by atoms with Gasteiger partial charge in [0.2, 0.25) is 5.95 Å². The number of rotatable bonds is 5. The smallest absolute Gasteiger partial charge is 0.260 e. The number of nitrogen functional groups attached to an aromatic ring is 1. The van der Waals surface area contributed by atoms with Crippen LogP contribution < -0.4 is 21.9 Å². The third-order valence-electron chi connectivity index (χ3n) is 1.57. The van der Waals surface area contributed by atoms with Gasteiger partial charge in [0, 0.05) is 6.54 Å². The summed E-state index contributed by atoms with van der Waals surface area (Å²) < 4.78 is 0. The summed E-state index contributed by atoms with van der Waals surface area (Å²) in [5.41, 5.74) is 5.35. The molecule has 1 aromatic rings. The van der Waals surface area contributed by atoms with Crippen molar-refractivity contribution in [2.24, 2.45) is 5.84 Å². The molecule has 7 heteroatoms. The Bertz CT molecular complexity index is 249. The number of nitrogens with two attached hydrogens (primary N) is 2. The summed E-state index contributed by atoms with van der Waals surface area (Å²) in [6.07, 6.45) is 0.932. The SMILES string of the molecule is CC.CC.CNCCCN(N)c1n[nH]c(N)n1. The monoisotopic (exact) mass is 245 g/mol. The Kier molecular flexibility index (Phi) is 13.5. The second-order valence-corrected chi connectivity index (χ2v) is 2.67. The van der Waals surface area contributed by atoms with Gasteiger partial charge in [0.15, 0.2) is 0 Å². The van der Waals surface area contributed by atoms with E-state index in [0.29, 0.717) is 12.5 Å². The van der Waals surface area contributed by atoms with Crippen LogP contribution in [0.15, 0.2) is 0 Å². The van der Waals surface area contributed by atoms with Crippen molar-refractivity contribution >= 4 is 11.9 Å². The molecule has 0 bridgehead atoms. The Balaban J connectivity index is 0. The lowest BCUT2D eigenvalue weighted by molar-refractivity contribution is 0.686. The summed E-state index contributed by atoms with van der Waals surface area (Å²) in [5.74, 6) is 6.36. The maximum Gasteiger partial charge on any atom is 0.260 e. The summed E-state index contributed by atoms with van der Waals surface area (Å²) in [6, 6.07) is 0. The van der Waals surface area contributed by atoms with Crippen molar-refractivity contribution < 1.29 is 0 Å². The summed E-state index contributed by atoms with van der Waals surface area (Å²) in [4.78, 5) is 3.88. The molecule has 0 amide bonds. The fraction of sp³-hybridized carbons (Fsp3) is 0.800. The molecular formula is C10H27N7. The van der Waals surface area contributed by atoms with Crippen molar-refractivity contribution in [2.45, 2.75) is 34.1 Å². The Hall–Kier alpha value is -1.34. The molecule has 102 valence electrons. The minimum Gasteiger partial charge on any atom is -0.368 e. The molecule has 0 saturated heterocycles. The van der Waals surface area contributed by atoms with Gasteiger partial charge in [-0.15, -0.1) is 5.10 Å². The van der Waals surface area contributed by atoms with E-state index in [4.69, 9.17) is 11.6 Å². The van der Waals surface area contributed by atoms with Crippen LogP contribution in [0.25, 0.3) is 0 Å². The molecule has 1 heterocycles. The highest BCUT2D eigenvalue weighted by molar-refractivity contribution is 5.31. The predicted octanol–water partition coefficient (Wildman–Crippen LogP) is 0.729. The zero-order chi connectivity index (χ0) is 13.7. The molecule has 17 heavy (non-hydrogen) atoms. The van der Waals surface area contributed by atoms with Crippen LogP contribution in [0.3, 0.4) is 0 Å². The van der Waals surface area contributed by atoms with E-state index >= 15 is 0 Å². The van der Waals surface area contributed by atoms with Crippen molar-refractivity contribution in [3.63, 3.8) is 0 Å². The molecule has 1 aromatic heterocycles. The first-order valence-corrected chi connectivity index (χ1v) is 6.08. The molecule has 0 aliphatic rings. The molecule has 7 nitrogen and oxygen atoms in total. The van der Waals surface area contributed by atoms with Crippen LogP contribution in [-0.2, 0) is 0 Å². The molecule has 0 atom stereocenters. The predicted molar refractivity (Wildman–Crippen MR) is 73.6 cm³/mol. The Morgan fingerprint density at radius 3 is 2.29 bits per heavy atom. The summed E-state index contributed by atoms with van der Waals surface area (Å²) in [6.45, 7) is 9.60. The first-order chi connectivity index (χ1) is 8.24. The number of hydrogen-bond acceptors (Lipinski definition) is 6. The molecule has 0 aliphatic heterocycles. The maximum atomic E-state index is 5.65. The average Bonchev–Trinajstić information content (AvgIpc) is 2.81. The van der Waals surface area contributed by atoms with Crippen LogP contribution in [0.2, 0.25) is 0 Å². The third kappa shape index (κ3) is 8.47. The number of anilines is 2. The molecule has 0 fully saturated rings. The van der Waals surface area contributed by atoms with Crippen LogP contribution in [0.5, 0.6) is 0 Å². The van der Waals surface area contributed by atoms with Crippen molar-refractivity contribution in [1.29, 1.82) is 0 Å². The van der Waals surface area contributed by atoms with E-state index in [1.165, 1.54) is 5.01 Å². The molecule has 0 spiro atoms. The zero-order valence-corrected chi connectivity index (χ0v) is 11.6. The quantitative estimate of drug-likeness (QED) is 0.346. The highest BCUT2D eigenvalue weighted by Gasteiger charge is 2.05. The Morgan fingerprint density at radius 1 is 1.29 bits per heavy atom. The molecule has 0 saturated carbocycles. The lowest BCUT2D eigenvalue weighted by atomic mass is 10.4. The number of H-pyrrole nitrogens is 1. The van der Waals surface area contributed by atoms with Gasteiger partial charge in [0.25, 0.3) is 5.95 Å². The van der Waals surface area contributed by atoms with Crippen molar-refractivity contribution in [1.82, 2.24) is 20.5 Å². The van der Waals surface area contributed by atoms with Gasteiger partial charge < -0.3 is 11.1 Å². The standard InChI is InChI=1S/C6H15N7.2C2H6/c1-9-3-2-4-13(8)6-10-5(7)11-12-6;2*1-2/h9H,2-4,8H2,1H3,(H3,7,10,11,12);2*1-2H3.